The number of hydrogen-bond acceptors (Lipinski definition) is 5. The molecular weight excluding hydrogens is 332 g/mol. The second kappa shape index (κ2) is 6.33. The number of benzene rings is 2. The predicted molar refractivity (Wildman–Crippen MR) is 101 cm³/mol. The first-order valence-electron chi connectivity index (χ1n) is 7.98. The van der Waals surface area contributed by atoms with Gasteiger partial charge in [0.05, 0.1) is 5.52 Å². The van der Waals surface area contributed by atoms with Crippen molar-refractivity contribution in [2.24, 2.45) is 0 Å². The Bertz CT molecular complexity index is 1150. The first-order chi connectivity index (χ1) is 12.1. The maximum atomic E-state index is 11.9. The van der Waals surface area contributed by atoms with E-state index < -0.39 is 0 Å². The van der Waals surface area contributed by atoms with Gasteiger partial charge >= 0.3 is 5.63 Å². The standard InChI is InChI=1S/C20H16N2O2S/c1-12-7-16-14(9-19(23)24-18(16)8-13(12)2)10-25-20-15-5-3-4-6-17(15)21-11-22-20/h3-9,11H,10H2,1-2H3. The topological polar surface area (TPSA) is 56.0 Å². The summed E-state index contributed by atoms with van der Waals surface area (Å²) < 4.78 is 5.37. The van der Waals surface area contributed by atoms with Crippen molar-refractivity contribution in [1.29, 1.82) is 0 Å². The van der Waals surface area contributed by atoms with Crippen LogP contribution in [0.1, 0.15) is 16.7 Å². The molecular formula is C20H16N2O2S. The Morgan fingerprint density at radius 2 is 1.80 bits per heavy atom. The van der Waals surface area contributed by atoms with Gasteiger partial charge in [-0.3, -0.25) is 0 Å². The minimum atomic E-state index is -0.320. The van der Waals surface area contributed by atoms with Crippen molar-refractivity contribution in [2.75, 3.05) is 0 Å². The number of aryl methyl sites for hydroxylation is 2. The van der Waals surface area contributed by atoms with Crippen LogP contribution < -0.4 is 5.63 Å². The Labute approximate surface area is 148 Å². The van der Waals surface area contributed by atoms with Gasteiger partial charge in [-0.05, 0) is 48.7 Å². The van der Waals surface area contributed by atoms with Gasteiger partial charge in [-0.25, -0.2) is 14.8 Å². The largest absolute Gasteiger partial charge is 0.423 e. The van der Waals surface area contributed by atoms with Gasteiger partial charge < -0.3 is 4.42 Å². The van der Waals surface area contributed by atoms with Crippen LogP contribution in [0, 0.1) is 13.8 Å². The molecule has 0 bridgehead atoms. The molecule has 0 N–H and O–H groups in total. The maximum Gasteiger partial charge on any atom is 0.336 e. The molecule has 0 amide bonds. The Kier molecular flexibility index (Phi) is 4.01. The Hall–Kier alpha value is -2.66. The van der Waals surface area contributed by atoms with Crippen molar-refractivity contribution >= 4 is 33.6 Å². The fourth-order valence-corrected chi connectivity index (χ4v) is 3.82. The average Bonchev–Trinajstić information content (AvgIpc) is 2.61. The number of thioether (sulfide) groups is 1. The van der Waals surface area contributed by atoms with Crippen LogP contribution in [0.15, 0.2) is 63.0 Å². The van der Waals surface area contributed by atoms with Crippen molar-refractivity contribution in [2.45, 2.75) is 24.6 Å². The summed E-state index contributed by atoms with van der Waals surface area (Å²) in [6.45, 7) is 4.08. The van der Waals surface area contributed by atoms with Crippen LogP contribution in [0.25, 0.3) is 21.9 Å². The number of hydrogen-bond donors (Lipinski definition) is 0. The van der Waals surface area contributed by atoms with E-state index >= 15 is 0 Å². The van der Waals surface area contributed by atoms with E-state index in [2.05, 4.69) is 23.0 Å². The molecule has 124 valence electrons. The molecule has 5 heteroatoms. The lowest BCUT2D eigenvalue weighted by Crippen LogP contribution is -2.01. The van der Waals surface area contributed by atoms with Gasteiger partial charge in [0.1, 0.15) is 16.9 Å². The Balaban J connectivity index is 1.76. The predicted octanol–water partition coefficient (Wildman–Crippen LogP) is 4.65. The van der Waals surface area contributed by atoms with Crippen LogP contribution in [0.5, 0.6) is 0 Å². The molecule has 2 heterocycles. The number of para-hydroxylation sites is 1. The number of fused-ring (bicyclic) bond motifs is 2. The van der Waals surface area contributed by atoms with Crippen LogP contribution >= 0.6 is 11.8 Å². The van der Waals surface area contributed by atoms with Crippen molar-refractivity contribution in [3.8, 4) is 0 Å². The summed E-state index contributed by atoms with van der Waals surface area (Å²) in [6, 6.07) is 13.5. The normalized spacial score (nSPS) is 11.3. The molecule has 0 radical (unpaired) electrons. The second-order valence-corrected chi connectivity index (χ2v) is 6.97. The molecule has 0 aliphatic heterocycles. The molecule has 4 nitrogen and oxygen atoms in total. The van der Waals surface area contributed by atoms with E-state index in [-0.39, 0.29) is 5.63 Å². The van der Waals surface area contributed by atoms with Crippen molar-refractivity contribution in [3.63, 3.8) is 0 Å². The molecule has 2 aromatic heterocycles. The summed E-state index contributed by atoms with van der Waals surface area (Å²) in [4.78, 5) is 20.6. The van der Waals surface area contributed by atoms with E-state index in [0.29, 0.717) is 11.3 Å². The van der Waals surface area contributed by atoms with Gasteiger partial charge in [-0.2, -0.15) is 0 Å². The first kappa shape index (κ1) is 15.8. The average molecular weight is 348 g/mol. The van der Waals surface area contributed by atoms with Gasteiger partial charge in [0.2, 0.25) is 0 Å². The highest BCUT2D eigenvalue weighted by molar-refractivity contribution is 7.98. The second-order valence-electron chi connectivity index (χ2n) is 6.01. The van der Waals surface area contributed by atoms with E-state index in [4.69, 9.17) is 4.42 Å². The molecule has 0 spiro atoms. The SMILES string of the molecule is Cc1cc2oc(=O)cc(CSc3ncnc4ccccc34)c2cc1C. The molecule has 4 aromatic rings. The minimum Gasteiger partial charge on any atom is -0.423 e. The van der Waals surface area contributed by atoms with E-state index in [9.17, 15) is 4.79 Å². The van der Waals surface area contributed by atoms with Crippen LogP contribution in [-0.4, -0.2) is 9.97 Å². The Morgan fingerprint density at radius 3 is 2.68 bits per heavy atom. The van der Waals surface area contributed by atoms with E-state index in [1.807, 2.05) is 37.3 Å². The lowest BCUT2D eigenvalue weighted by atomic mass is 10.0. The lowest BCUT2D eigenvalue weighted by molar-refractivity contribution is 0.559. The summed E-state index contributed by atoms with van der Waals surface area (Å²) in [5.41, 5.74) is 4.49. The molecule has 0 saturated carbocycles. The third-order valence-electron chi connectivity index (χ3n) is 4.32. The lowest BCUT2D eigenvalue weighted by Gasteiger charge is -2.09. The molecule has 0 unspecified atom stereocenters. The van der Waals surface area contributed by atoms with Gasteiger partial charge in [0, 0.05) is 22.6 Å². The molecule has 0 saturated heterocycles. The zero-order chi connectivity index (χ0) is 17.4. The molecule has 2 aromatic carbocycles. The van der Waals surface area contributed by atoms with E-state index in [0.717, 1.165) is 32.4 Å². The summed E-state index contributed by atoms with van der Waals surface area (Å²) in [6.07, 6.45) is 1.58. The number of aromatic nitrogens is 2. The van der Waals surface area contributed by atoms with Crippen molar-refractivity contribution in [1.82, 2.24) is 9.97 Å². The number of nitrogens with zero attached hydrogens (tertiary/aromatic N) is 2. The third kappa shape index (κ3) is 3.03. The number of rotatable bonds is 3. The van der Waals surface area contributed by atoms with Crippen LogP contribution in [0.3, 0.4) is 0 Å². The van der Waals surface area contributed by atoms with Crippen LogP contribution in [0.4, 0.5) is 0 Å². The minimum absolute atomic E-state index is 0.320. The summed E-state index contributed by atoms with van der Waals surface area (Å²) in [7, 11) is 0. The van der Waals surface area contributed by atoms with Crippen LogP contribution in [0.2, 0.25) is 0 Å². The highest BCUT2D eigenvalue weighted by atomic mass is 32.2. The molecule has 0 fully saturated rings. The quantitative estimate of drug-likeness (QED) is 0.306. The zero-order valence-electron chi connectivity index (χ0n) is 13.9. The Morgan fingerprint density at radius 1 is 1.00 bits per heavy atom. The molecule has 0 aliphatic carbocycles. The summed E-state index contributed by atoms with van der Waals surface area (Å²) >= 11 is 1.60. The molecule has 0 atom stereocenters. The van der Waals surface area contributed by atoms with Gasteiger partial charge in [0.15, 0.2) is 0 Å². The van der Waals surface area contributed by atoms with Crippen molar-refractivity contribution < 1.29 is 4.42 Å². The highest BCUT2D eigenvalue weighted by Crippen LogP contribution is 2.30. The summed E-state index contributed by atoms with van der Waals surface area (Å²) in [5, 5.41) is 2.92. The van der Waals surface area contributed by atoms with E-state index in [1.54, 1.807) is 24.2 Å². The molecule has 0 aliphatic rings. The smallest absolute Gasteiger partial charge is 0.336 e. The van der Waals surface area contributed by atoms with Gasteiger partial charge in [-0.15, -0.1) is 11.8 Å². The van der Waals surface area contributed by atoms with Gasteiger partial charge in [-0.1, -0.05) is 18.2 Å². The monoisotopic (exact) mass is 348 g/mol. The maximum absolute atomic E-state index is 11.9. The van der Waals surface area contributed by atoms with Crippen molar-refractivity contribution in [3.05, 3.63) is 75.9 Å². The first-order valence-corrected chi connectivity index (χ1v) is 8.97. The van der Waals surface area contributed by atoms with E-state index in [1.165, 1.54) is 5.56 Å². The third-order valence-corrected chi connectivity index (χ3v) is 5.37. The zero-order valence-corrected chi connectivity index (χ0v) is 14.8. The highest BCUT2D eigenvalue weighted by Gasteiger charge is 2.10. The molecule has 25 heavy (non-hydrogen) atoms. The fourth-order valence-electron chi connectivity index (χ4n) is 2.84. The van der Waals surface area contributed by atoms with Crippen LogP contribution in [-0.2, 0) is 5.75 Å². The fraction of sp³-hybridized carbons (Fsp3) is 0.150. The van der Waals surface area contributed by atoms with Gasteiger partial charge in [0.25, 0.3) is 0 Å². The summed E-state index contributed by atoms with van der Waals surface area (Å²) in [5.74, 6) is 0.644. The molecule has 4 rings (SSSR count).